The van der Waals surface area contributed by atoms with E-state index >= 15 is 0 Å². The van der Waals surface area contributed by atoms with Crippen molar-refractivity contribution in [3.63, 3.8) is 0 Å². The number of hydrogen-bond donors (Lipinski definition) is 1. The fourth-order valence-corrected chi connectivity index (χ4v) is 1.63. The molecule has 0 atom stereocenters. The molecule has 0 aliphatic heterocycles. The third-order valence-corrected chi connectivity index (χ3v) is 2.76. The number of nitro groups is 1. The standard InChI is InChI=1S/C11H8BrN3O3/c12-9-2-1-7(15(16)17)5-10(9)18-8-3-4-14-11(13)6-8/h1-6H,(H2,13,14). The first kappa shape index (κ1) is 12.3. The fraction of sp³-hybridized carbons (Fsp3) is 0. The molecule has 0 aliphatic rings. The maximum Gasteiger partial charge on any atom is 0.273 e. The van der Waals surface area contributed by atoms with Crippen molar-refractivity contribution in [3.8, 4) is 11.5 Å². The molecule has 0 saturated carbocycles. The Morgan fingerprint density at radius 1 is 1.33 bits per heavy atom. The molecular weight excluding hydrogens is 302 g/mol. The third kappa shape index (κ3) is 2.75. The van der Waals surface area contributed by atoms with Crippen LogP contribution in [0.15, 0.2) is 41.0 Å². The van der Waals surface area contributed by atoms with E-state index in [0.29, 0.717) is 21.8 Å². The summed E-state index contributed by atoms with van der Waals surface area (Å²) in [4.78, 5) is 14.0. The molecule has 0 amide bonds. The molecule has 0 aliphatic carbocycles. The predicted molar refractivity (Wildman–Crippen MR) is 69.5 cm³/mol. The van der Waals surface area contributed by atoms with Gasteiger partial charge in [-0.15, -0.1) is 0 Å². The fourth-order valence-electron chi connectivity index (χ4n) is 1.30. The summed E-state index contributed by atoms with van der Waals surface area (Å²) in [5.41, 5.74) is 5.47. The van der Waals surface area contributed by atoms with E-state index in [-0.39, 0.29) is 5.69 Å². The second kappa shape index (κ2) is 5.01. The normalized spacial score (nSPS) is 10.1. The summed E-state index contributed by atoms with van der Waals surface area (Å²) >= 11 is 3.26. The van der Waals surface area contributed by atoms with E-state index in [9.17, 15) is 10.1 Å². The zero-order chi connectivity index (χ0) is 13.1. The van der Waals surface area contributed by atoms with Gasteiger partial charge >= 0.3 is 0 Å². The van der Waals surface area contributed by atoms with Gasteiger partial charge in [0.2, 0.25) is 0 Å². The summed E-state index contributed by atoms with van der Waals surface area (Å²) in [6.07, 6.45) is 1.50. The molecular formula is C11H8BrN3O3. The first-order valence-corrected chi connectivity index (χ1v) is 5.69. The van der Waals surface area contributed by atoms with Gasteiger partial charge in [-0.3, -0.25) is 10.1 Å². The first-order chi connectivity index (χ1) is 8.56. The van der Waals surface area contributed by atoms with E-state index in [1.807, 2.05) is 0 Å². The van der Waals surface area contributed by atoms with Crippen molar-refractivity contribution in [1.82, 2.24) is 4.98 Å². The van der Waals surface area contributed by atoms with Gasteiger partial charge in [0.1, 0.15) is 17.3 Å². The lowest BCUT2D eigenvalue weighted by atomic mass is 10.3. The van der Waals surface area contributed by atoms with Gasteiger partial charge in [-0.05, 0) is 28.1 Å². The number of ether oxygens (including phenoxy) is 1. The number of nitrogens with two attached hydrogens (primary N) is 1. The Morgan fingerprint density at radius 3 is 2.78 bits per heavy atom. The molecule has 0 unspecified atom stereocenters. The zero-order valence-electron chi connectivity index (χ0n) is 9.04. The molecule has 1 aromatic heterocycles. The van der Waals surface area contributed by atoms with E-state index in [1.54, 1.807) is 12.1 Å². The van der Waals surface area contributed by atoms with Gasteiger partial charge in [-0.1, -0.05) is 0 Å². The van der Waals surface area contributed by atoms with E-state index < -0.39 is 4.92 Å². The first-order valence-electron chi connectivity index (χ1n) is 4.89. The third-order valence-electron chi connectivity index (χ3n) is 2.11. The van der Waals surface area contributed by atoms with Crippen LogP contribution in [-0.2, 0) is 0 Å². The van der Waals surface area contributed by atoms with E-state index in [1.165, 1.54) is 24.4 Å². The lowest BCUT2D eigenvalue weighted by Gasteiger charge is -2.07. The Labute approximate surface area is 111 Å². The summed E-state index contributed by atoms with van der Waals surface area (Å²) in [7, 11) is 0. The molecule has 0 radical (unpaired) electrons. The van der Waals surface area contributed by atoms with Gasteiger partial charge in [0, 0.05) is 18.3 Å². The molecule has 2 aromatic rings. The Morgan fingerprint density at radius 2 is 2.11 bits per heavy atom. The van der Waals surface area contributed by atoms with Crippen molar-refractivity contribution in [2.75, 3.05) is 5.73 Å². The van der Waals surface area contributed by atoms with Crippen LogP contribution in [0.4, 0.5) is 11.5 Å². The van der Waals surface area contributed by atoms with Gasteiger partial charge in [-0.25, -0.2) is 4.98 Å². The molecule has 2 rings (SSSR count). The number of non-ortho nitro benzene ring substituents is 1. The minimum absolute atomic E-state index is 0.0461. The molecule has 1 heterocycles. The number of anilines is 1. The maximum absolute atomic E-state index is 10.7. The molecule has 6 nitrogen and oxygen atoms in total. The van der Waals surface area contributed by atoms with Crippen LogP contribution in [0.25, 0.3) is 0 Å². The lowest BCUT2D eigenvalue weighted by molar-refractivity contribution is -0.384. The zero-order valence-corrected chi connectivity index (χ0v) is 10.6. The van der Waals surface area contributed by atoms with Crippen LogP contribution >= 0.6 is 15.9 Å². The van der Waals surface area contributed by atoms with Crippen molar-refractivity contribution < 1.29 is 9.66 Å². The van der Waals surface area contributed by atoms with Crippen LogP contribution in [0.1, 0.15) is 0 Å². The summed E-state index contributed by atoms with van der Waals surface area (Å²) in [6, 6.07) is 7.42. The van der Waals surface area contributed by atoms with Gasteiger partial charge in [0.25, 0.3) is 5.69 Å². The molecule has 0 bridgehead atoms. The average molecular weight is 310 g/mol. The maximum atomic E-state index is 10.7. The Kier molecular flexibility index (Phi) is 3.42. The highest BCUT2D eigenvalue weighted by Crippen LogP contribution is 2.33. The van der Waals surface area contributed by atoms with Crippen molar-refractivity contribution in [3.05, 3.63) is 51.1 Å². The summed E-state index contributed by atoms with van der Waals surface area (Å²) in [5.74, 6) is 1.12. The Hall–Kier alpha value is -2.15. The number of hydrogen-bond acceptors (Lipinski definition) is 5. The van der Waals surface area contributed by atoms with Crippen LogP contribution in [0.5, 0.6) is 11.5 Å². The smallest absolute Gasteiger partial charge is 0.273 e. The highest BCUT2D eigenvalue weighted by atomic mass is 79.9. The van der Waals surface area contributed by atoms with Crippen molar-refractivity contribution in [1.29, 1.82) is 0 Å². The van der Waals surface area contributed by atoms with E-state index in [0.717, 1.165) is 0 Å². The largest absolute Gasteiger partial charge is 0.456 e. The van der Waals surface area contributed by atoms with Crippen LogP contribution in [0, 0.1) is 10.1 Å². The minimum Gasteiger partial charge on any atom is -0.456 e. The molecule has 0 saturated heterocycles. The minimum atomic E-state index is -0.486. The highest BCUT2D eigenvalue weighted by molar-refractivity contribution is 9.10. The van der Waals surface area contributed by atoms with E-state index in [4.69, 9.17) is 10.5 Å². The molecule has 0 fully saturated rings. The van der Waals surface area contributed by atoms with E-state index in [2.05, 4.69) is 20.9 Å². The second-order valence-electron chi connectivity index (χ2n) is 3.39. The molecule has 92 valence electrons. The number of rotatable bonds is 3. The second-order valence-corrected chi connectivity index (χ2v) is 4.24. The Balaban J connectivity index is 2.33. The number of nitrogen functional groups attached to an aromatic ring is 1. The highest BCUT2D eigenvalue weighted by Gasteiger charge is 2.11. The average Bonchev–Trinajstić information content (AvgIpc) is 2.31. The molecule has 2 N–H and O–H groups in total. The monoisotopic (exact) mass is 309 g/mol. The van der Waals surface area contributed by atoms with Crippen molar-refractivity contribution >= 4 is 27.4 Å². The van der Waals surface area contributed by atoms with Gasteiger partial charge < -0.3 is 10.5 Å². The number of nitro benzene ring substituents is 1. The SMILES string of the molecule is Nc1cc(Oc2cc([N+](=O)[O-])ccc2Br)ccn1. The molecule has 0 spiro atoms. The molecule has 18 heavy (non-hydrogen) atoms. The topological polar surface area (TPSA) is 91.3 Å². The quantitative estimate of drug-likeness (QED) is 0.694. The van der Waals surface area contributed by atoms with Gasteiger partial charge in [0.05, 0.1) is 15.5 Å². The van der Waals surface area contributed by atoms with Crippen LogP contribution < -0.4 is 10.5 Å². The lowest BCUT2D eigenvalue weighted by Crippen LogP contribution is -1.93. The van der Waals surface area contributed by atoms with Gasteiger partial charge in [-0.2, -0.15) is 0 Å². The van der Waals surface area contributed by atoms with Crippen molar-refractivity contribution in [2.24, 2.45) is 0 Å². The molecule has 1 aromatic carbocycles. The van der Waals surface area contributed by atoms with Crippen molar-refractivity contribution in [2.45, 2.75) is 0 Å². The summed E-state index contributed by atoms with van der Waals surface area (Å²) < 4.78 is 6.12. The van der Waals surface area contributed by atoms with Crippen LogP contribution in [-0.4, -0.2) is 9.91 Å². The Bertz CT molecular complexity index is 604. The summed E-state index contributed by atoms with van der Waals surface area (Å²) in [5, 5.41) is 10.7. The van der Waals surface area contributed by atoms with Crippen LogP contribution in [0.2, 0.25) is 0 Å². The number of nitrogens with zero attached hydrogens (tertiary/aromatic N) is 2. The van der Waals surface area contributed by atoms with Crippen LogP contribution in [0.3, 0.4) is 0 Å². The number of halogens is 1. The summed E-state index contributed by atoms with van der Waals surface area (Å²) in [6.45, 7) is 0. The van der Waals surface area contributed by atoms with Gasteiger partial charge in [0.15, 0.2) is 0 Å². The predicted octanol–water partition coefficient (Wildman–Crippen LogP) is 3.13. The molecule has 7 heteroatoms. The number of pyridine rings is 1. The number of aromatic nitrogens is 1. The number of benzene rings is 1.